The van der Waals surface area contributed by atoms with Gasteiger partial charge in [-0.25, -0.2) is 8.42 Å². The van der Waals surface area contributed by atoms with E-state index in [0.717, 1.165) is 11.7 Å². The van der Waals surface area contributed by atoms with Crippen LogP contribution in [0.4, 0.5) is 0 Å². The number of sulfone groups is 1. The van der Waals surface area contributed by atoms with Gasteiger partial charge in [0.2, 0.25) is 5.91 Å². The van der Waals surface area contributed by atoms with Gasteiger partial charge in [-0.3, -0.25) is 4.79 Å². The van der Waals surface area contributed by atoms with Crippen molar-refractivity contribution in [3.05, 3.63) is 52.9 Å². The third-order valence-corrected chi connectivity index (χ3v) is 5.98. The second-order valence-corrected chi connectivity index (χ2v) is 9.04. The van der Waals surface area contributed by atoms with Crippen LogP contribution in [-0.4, -0.2) is 48.7 Å². The van der Waals surface area contributed by atoms with Gasteiger partial charge in [-0.1, -0.05) is 12.1 Å². The van der Waals surface area contributed by atoms with Crippen LogP contribution in [0.25, 0.3) is 6.08 Å². The van der Waals surface area contributed by atoms with Crippen LogP contribution in [0.15, 0.2) is 41.8 Å². The van der Waals surface area contributed by atoms with Crippen LogP contribution in [-0.2, 0) is 25.2 Å². The quantitative estimate of drug-likeness (QED) is 0.243. The Bertz CT molecular complexity index is 1090. The average Bonchev–Trinajstić information content (AvgIpc) is 2.82. The van der Waals surface area contributed by atoms with Crippen molar-refractivity contribution >= 4 is 28.1 Å². The highest BCUT2D eigenvalue weighted by Gasteiger charge is 2.14. The summed E-state index contributed by atoms with van der Waals surface area (Å²) in [7, 11) is 0.814. The lowest BCUT2D eigenvalue weighted by Gasteiger charge is -2.12. The first-order valence-electron chi connectivity index (χ1n) is 10.4. The van der Waals surface area contributed by atoms with Gasteiger partial charge in [-0.05, 0) is 30.2 Å². The molecule has 0 unspecified atom stereocenters. The highest BCUT2D eigenvalue weighted by atomic mass is 32.2. The maximum absolute atomic E-state index is 12.7. The number of rotatable bonds is 14. The molecule has 0 aliphatic rings. The van der Waals surface area contributed by atoms with Gasteiger partial charge in [0.15, 0.2) is 16.6 Å². The number of methoxy groups -OCH3 is 3. The first-order chi connectivity index (χ1) is 16.3. The van der Waals surface area contributed by atoms with Gasteiger partial charge in [0.1, 0.15) is 29.3 Å². The number of nitrogens with one attached hydrogen (secondary N) is 1. The van der Waals surface area contributed by atoms with Gasteiger partial charge < -0.3 is 29.1 Å². The standard InChI is InChI=1S/C24H29NO8S/c1-30-20-14-22(31-2)21(23(15-20)32-3)10-12-34(28,29)16-18-7-6-8-19(13-18)33-17-25-24(27)9-4-5-11-26/h6-8,10-15H,4-5,9,16-17H2,1-3H3,(H,25,27)/b12-10+. The van der Waals surface area contributed by atoms with Gasteiger partial charge in [0.05, 0.1) is 32.6 Å². The van der Waals surface area contributed by atoms with Crippen molar-refractivity contribution in [3.8, 4) is 23.0 Å². The SMILES string of the molecule is COc1cc(OC)c(/C=C/S(=O)(=O)Cc2cccc(OCNC(=O)CCCC=O)c2)c(OC)c1. The van der Waals surface area contributed by atoms with Gasteiger partial charge in [0.25, 0.3) is 0 Å². The third-order valence-electron chi connectivity index (χ3n) is 4.70. The minimum Gasteiger partial charge on any atom is -0.496 e. The number of unbranched alkanes of at least 4 members (excludes halogenated alkanes) is 1. The second-order valence-electron chi connectivity index (χ2n) is 7.15. The van der Waals surface area contributed by atoms with Crippen LogP contribution in [0.2, 0.25) is 0 Å². The summed E-state index contributed by atoms with van der Waals surface area (Å²) in [6.45, 7) is -0.0624. The smallest absolute Gasteiger partial charge is 0.222 e. The summed E-state index contributed by atoms with van der Waals surface area (Å²) in [4.78, 5) is 22.0. The molecule has 0 saturated heterocycles. The Morgan fingerprint density at radius 3 is 2.32 bits per heavy atom. The fourth-order valence-corrected chi connectivity index (χ4v) is 4.09. The third kappa shape index (κ3) is 8.43. The maximum atomic E-state index is 12.7. The summed E-state index contributed by atoms with van der Waals surface area (Å²) in [5, 5.41) is 3.69. The molecule has 0 saturated carbocycles. The number of ether oxygens (including phenoxy) is 4. The second kappa shape index (κ2) is 13.2. The highest BCUT2D eigenvalue weighted by molar-refractivity contribution is 7.93. The molecule has 0 atom stereocenters. The molecular formula is C24H29NO8S. The first kappa shape index (κ1) is 26.7. The largest absolute Gasteiger partial charge is 0.496 e. The molecular weight excluding hydrogens is 462 g/mol. The van der Waals surface area contributed by atoms with E-state index in [0.29, 0.717) is 47.0 Å². The zero-order valence-electron chi connectivity index (χ0n) is 19.4. The van der Waals surface area contributed by atoms with E-state index >= 15 is 0 Å². The fourth-order valence-electron chi connectivity index (χ4n) is 3.01. The lowest BCUT2D eigenvalue weighted by Crippen LogP contribution is -2.27. The van der Waals surface area contributed by atoms with Crippen LogP contribution in [0.1, 0.15) is 30.4 Å². The predicted molar refractivity (Wildman–Crippen MR) is 128 cm³/mol. The number of benzene rings is 2. The number of carbonyl (C=O) groups excluding carboxylic acids is 2. The molecule has 0 aliphatic heterocycles. The minimum atomic E-state index is -3.64. The van der Waals surface area contributed by atoms with E-state index in [1.165, 1.54) is 27.4 Å². The van der Waals surface area contributed by atoms with Crippen LogP contribution in [0, 0.1) is 0 Å². The Hall–Kier alpha value is -3.53. The zero-order valence-corrected chi connectivity index (χ0v) is 20.2. The molecule has 0 radical (unpaired) electrons. The minimum absolute atomic E-state index is 0.0624. The monoisotopic (exact) mass is 491 g/mol. The van der Waals surface area contributed by atoms with Crippen molar-refractivity contribution in [2.75, 3.05) is 28.1 Å². The highest BCUT2D eigenvalue weighted by Crippen LogP contribution is 2.35. The van der Waals surface area contributed by atoms with Crippen molar-refractivity contribution in [2.45, 2.75) is 25.0 Å². The summed E-state index contributed by atoms with van der Waals surface area (Å²) in [5.41, 5.74) is 0.989. The van der Waals surface area contributed by atoms with Crippen LogP contribution in [0.5, 0.6) is 23.0 Å². The average molecular weight is 492 g/mol. The van der Waals surface area contributed by atoms with Crippen molar-refractivity contribution < 1.29 is 37.0 Å². The van der Waals surface area contributed by atoms with Crippen LogP contribution >= 0.6 is 0 Å². The fraction of sp³-hybridized carbons (Fsp3) is 0.333. The molecule has 2 aromatic rings. The first-order valence-corrected chi connectivity index (χ1v) is 12.2. The molecule has 0 spiro atoms. The maximum Gasteiger partial charge on any atom is 0.222 e. The lowest BCUT2D eigenvalue weighted by atomic mass is 10.1. The Morgan fingerprint density at radius 1 is 1.00 bits per heavy atom. The molecule has 0 heterocycles. The molecule has 10 heteroatoms. The number of hydrogen-bond acceptors (Lipinski definition) is 8. The van der Waals surface area contributed by atoms with E-state index in [2.05, 4.69) is 5.32 Å². The molecule has 0 fully saturated rings. The molecule has 0 bridgehead atoms. The number of amides is 1. The van der Waals surface area contributed by atoms with Crippen LogP contribution in [0.3, 0.4) is 0 Å². The van der Waals surface area contributed by atoms with Gasteiger partial charge in [-0.15, -0.1) is 0 Å². The topological polar surface area (TPSA) is 117 Å². The zero-order chi connectivity index (χ0) is 25.0. The number of hydrogen-bond donors (Lipinski definition) is 1. The molecule has 0 aromatic heterocycles. The molecule has 1 amide bonds. The summed E-state index contributed by atoms with van der Waals surface area (Å²) in [6, 6.07) is 9.87. The van der Waals surface area contributed by atoms with Crippen molar-refractivity contribution in [3.63, 3.8) is 0 Å². The van der Waals surface area contributed by atoms with E-state index in [-0.39, 0.29) is 24.8 Å². The van der Waals surface area contributed by atoms with Crippen molar-refractivity contribution in [1.82, 2.24) is 5.32 Å². The Morgan fingerprint density at radius 2 is 1.71 bits per heavy atom. The molecule has 9 nitrogen and oxygen atoms in total. The molecule has 34 heavy (non-hydrogen) atoms. The van der Waals surface area contributed by atoms with Crippen molar-refractivity contribution in [2.24, 2.45) is 0 Å². The predicted octanol–water partition coefficient (Wildman–Crippen LogP) is 3.12. The van der Waals surface area contributed by atoms with E-state index < -0.39 is 9.84 Å². The Labute approximate surface area is 199 Å². The number of carbonyl (C=O) groups is 2. The van der Waals surface area contributed by atoms with E-state index in [1.807, 2.05) is 0 Å². The molecule has 1 N–H and O–H groups in total. The summed E-state index contributed by atoms with van der Waals surface area (Å²) in [5.74, 6) is 1.28. The molecule has 2 rings (SSSR count). The summed E-state index contributed by atoms with van der Waals surface area (Å²) in [6.07, 6.45) is 3.23. The summed E-state index contributed by atoms with van der Waals surface area (Å²) < 4.78 is 46.8. The molecule has 0 aliphatic carbocycles. The van der Waals surface area contributed by atoms with Gasteiger partial charge in [-0.2, -0.15) is 0 Å². The normalized spacial score (nSPS) is 11.1. The lowest BCUT2D eigenvalue weighted by molar-refractivity contribution is -0.122. The number of aldehydes is 1. The van der Waals surface area contributed by atoms with E-state index in [4.69, 9.17) is 18.9 Å². The van der Waals surface area contributed by atoms with Gasteiger partial charge in [0, 0.05) is 30.4 Å². The Kier molecular flexibility index (Phi) is 10.4. The molecule has 2 aromatic carbocycles. The van der Waals surface area contributed by atoms with Crippen LogP contribution < -0.4 is 24.3 Å². The van der Waals surface area contributed by atoms with Crippen molar-refractivity contribution in [1.29, 1.82) is 0 Å². The molecule has 184 valence electrons. The summed E-state index contributed by atoms with van der Waals surface area (Å²) >= 11 is 0. The van der Waals surface area contributed by atoms with E-state index in [1.54, 1.807) is 36.4 Å². The van der Waals surface area contributed by atoms with Gasteiger partial charge >= 0.3 is 0 Å². The van der Waals surface area contributed by atoms with E-state index in [9.17, 15) is 18.0 Å². The Balaban J connectivity index is 2.05.